The highest BCUT2D eigenvalue weighted by molar-refractivity contribution is 14.1. The third kappa shape index (κ3) is 10.5. The van der Waals surface area contributed by atoms with Crippen LogP contribution in [0.15, 0.2) is 84.9 Å². The Labute approximate surface area is 398 Å². The number of nitrogens with zero attached hydrogens (tertiary/aromatic N) is 1. The maximum absolute atomic E-state index is 15.0. The summed E-state index contributed by atoms with van der Waals surface area (Å²) in [4.78, 5) is 72.3. The number of benzene rings is 5. The molecule has 5 aromatic carbocycles. The van der Waals surface area contributed by atoms with Gasteiger partial charge in [-0.3, -0.25) is 19.2 Å². The van der Waals surface area contributed by atoms with Crippen molar-refractivity contribution in [2.45, 2.75) is 36.6 Å². The fourth-order valence-corrected chi connectivity index (χ4v) is 8.29. The second-order valence-corrected chi connectivity index (χ2v) is 17.1. The van der Waals surface area contributed by atoms with Gasteiger partial charge in [-0.1, -0.05) is 70.7 Å². The van der Waals surface area contributed by atoms with Crippen molar-refractivity contribution in [2.75, 3.05) is 14.2 Å². The molecule has 334 valence electrons. The lowest BCUT2D eigenvalue weighted by Gasteiger charge is -2.33. The van der Waals surface area contributed by atoms with E-state index >= 15 is 0 Å². The van der Waals surface area contributed by atoms with Crippen LogP contribution in [-0.2, 0) is 35.1 Å². The number of nitrogens with one attached hydrogen (secondary N) is 3. The molecule has 0 spiro atoms. The molecule has 4 amide bonds. The maximum atomic E-state index is 15.0. The van der Waals surface area contributed by atoms with Crippen LogP contribution < -0.4 is 26.4 Å². The van der Waals surface area contributed by atoms with Crippen LogP contribution in [0.2, 0.25) is 20.1 Å². The highest BCUT2D eigenvalue weighted by atomic mass is 127. The summed E-state index contributed by atoms with van der Waals surface area (Å²) in [5, 5.41) is 48.4. The van der Waals surface area contributed by atoms with Gasteiger partial charge in [-0.15, -0.1) is 0 Å². The number of methoxy groups -OCH3 is 1. The van der Waals surface area contributed by atoms with Gasteiger partial charge in [0, 0.05) is 13.5 Å². The molecule has 16 nitrogen and oxygen atoms in total. The molecule has 2 heterocycles. The van der Waals surface area contributed by atoms with Gasteiger partial charge in [-0.05, 0) is 111 Å². The van der Waals surface area contributed by atoms with E-state index in [1.165, 1.54) is 79.8 Å². The number of fused-ring (bicyclic) bond motifs is 9. The predicted molar refractivity (Wildman–Crippen MR) is 244 cm³/mol. The Bertz CT molecular complexity index is 2610. The first-order valence-corrected chi connectivity index (χ1v) is 21.3. The summed E-state index contributed by atoms with van der Waals surface area (Å²) >= 11 is 26.7. The van der Waals surface area contributed by atoms with Crippen molar-refractivity contribution < 1.29 is 53.9 Å². The zero-order valence-electron chi connectivity index (χ0n) is 33.2. The quantitative estimate of drug-likeness (QED) is 0.0601. The van der Waals surface area contributed by atoms with Gasteiger partial charge in [0.2, 0.25) is 23.6 Å². The zero-order chi connectivity index (χ0) is 46.7. The van der Waals surface area contributed by atoms with E-state index in [0.717, 1.165) is 12.0 Å². The molecular weight excluding hydrogens is 1030 g/mol. The van der Waals surface area contributed by atoms with Crippen molar-refractivity contribution in [3.63, 3.8) is 0 Å². The number of halogens is 5. The van der Waals surface area contributed by atoms with Crippen LogP contribution in [0.25, 0.3) is 0 Å². The van der Waals surface area contributed by atoms with Crippen LogP contribution in [0, 0.1) is 3.57 Å². The second-order valence-electron chi connectivity index (χ2n) is 14.3. The molecule has 9 N–H and O–H groups in total. The molecule has 2 aliphatic rings. The third-order valence-corrected chi connectivity index (χ3v) is 12.1. The van der Waals surface area contributed by atoms with Gasteiger partial charge in [0.1, 0.15) is 35.7 Å². The Morgan fingerprint density at radius 2 is 1.41 bits per heavy atom. The molecule has 21 heteroatoms. The second kappa shape index (κ2) is 20.0. The molecule has 0 saturated carbocycles. The number of amides is 4. The normalized spacial score (nSPS) is 17.4. The topological polar surface area (TPSA) is 250 Å². The minimum Gasteiger partial charge on any atom is -0.508 e. The number of rotatable bonds is 8. The first kappa shape index (κ1) is 47.8. The van der Waals surface area contributed by atoms with E-state index in [2.05, 4.69) is 16.0 Å². The van der Waals surface area contributed by atoms with Gasteiger partial charge in [0.25, 0.3) is 0 Å². The van der Waals surface area contributed by atoms with Gasteiger partial charge >= 0.3 is 5.97 Å². The van der Waals surface area contributed by atoms with Crippen molar-refractivity contribution in [1.82, 2.24) is 20.9 Å². The molecule has 4 bridgehead atoms. The molecule has 0 aromatic heterocycles. The molecule has 5 atom stereocenters. The van der Waals surface area contributed by atoms with Crippen LogP contribution in [0.4, 0.5) is 0 Å². The highest BCUT2D eigenvalue weighted by Gasteiger charge is 2.38. The Hall–Kier alpha value is -5.70. The largest absolute Gasteiger partial charge is 0.508 e. The number of ether oxygens (including phenoxy) is 2. The molecule has 7 rings (SSSR count). The van der Waals surface area contributed by atoms with Crippen LogP contribution in [0.1, 0.15) is 52.0 Å². The van der Waals surface area contributed by atoms with Crippen LogP contribution in [-0.4, -0.2) is 75.1 Å². The minimum atomic E-state index is -1.76. The summed E-state index contributed by atoms with van der Waals surface area (Å²) in [6.07, 6.45) is -0.184. The molecule has 64 heavy (non-hydrogen) atoms. The van der Waals surface area contributed by atoms with Gasteiger partial charge in [0.15, 0.2) is 29.0 Å². The lowest BCUT2D eigenvalue weighted by molar-refractivity contribution is -0.147. The number of phenolic OH excluding ortho intramolecular Hbond substituents is 4. The zero-order valence-corrected chi connectivity index (χ0v) is 38.4. The van der Waals surface area contributed by atoms with Gasteiger partial charge in [0.05, 0.1) is 30.8 Å². The Balaban J connectivity index is 1.49. The third-order valence-electron chi connectivity index (χ3n) is 10.2. The van der Waals surface area contributed by atoms with Crippen LogP contribution in [0.3, 0.4) is 0 Å². The molecule has 0 radical (unpaired) electrons. The van der Waals surface area contributed by atoms with Gasteiger partial charge in [-0.2, -0.15) is 0 Å². The molecule has 0 unspecified atom stereocenters. The summed E-state index contributed by atoms with van der Waals surface area (Å²) in [6, 6.07) is 11.3. The number of aromatic hydroxyl groups is 4. The van der Waals surface area contributed by atoms with E-state index in [9.17, 15) is 44.4 Å². The van der Waals surface area contributed by atoms with Crippen molar-refractivity contribution in [1.29, 1.82) is 0 Å². The average molecular weight is 1070 g/mol. The molecule has 0 fully saturated rings. The highest BCUT2D eigenvalue weighted by Crippen LogP contribution is 2.40. The number of hydrogen-bond donors (Lipinski definition) is 8. The monoisotopic (exact) mass is 1070 g/mol. The summed E-state index contributed by atoms with van der Waals surface area (Å²) in [7, 11) is 2.40. The number of likely N-dealkylation sites (N-methyl/N-ethyl adjacent to an activating group) is 1. The van der Waals surface area contributed by atoms with Gasteiger partial charge < -0.3 is 56.5 Å². The van der Waals surface area contributed by atoms with Crippen LogP contribution >= 0.6 is 69.0 Å². The number of hydrogen-bond acceptors (Lipinski definition) is 12. The van der Waals surface area contributed by atoms with E-state index in [4.69, 9.17) is 61.6 Å². The first-order chi connectivity index (χ1) is 30.3. The summed E-state index contributed by atoms with van der Waals surface area (Å²) < 4.78 is 11.2. The van der Waals surface area contributed by atoms with E-state index in [0.29, 0.717) is 5.56 Å². The lowest BCUT2D eigenvalue weighted by atomic mass is 9.98. The fourth-order valence-electron chi connectivity index (χ4n) is 6.66. The first-order valence-electron chi connectivity index (χ1n) is 18.7. The maximum Gasteiger partial charge on any atom is 0.333 e. The number of carbonyl (C=O) groups is 5. The van der Waals surface area contributed by atoms with Gasteiger partial charge in [-0.25, -0.2) is 4.79 Å². The van der Waals surface area contributed by atoms with E-state index in [1.807, 2.05) is 0 Å². The van der Waals surface area contributed by atoms with Crippen molar-refractivity contribution in [3.05, 3.63) is 136 Å². The van der Waals surface area contributed by atoms with Crippen molar-refractivity contribution in [3.8, 4) is 34.5 Å². The smallest absolute Gasteiger partial charge is 0.333 e. The Kier molecular flexibility index (Phi) is 14.9. The minimum absolute atomic E-state index is 0.0300. The lowest BCUT2D eigenvalue weighted by Crippen LogP contribution is -2.54. The van der Waals surface area contributed by atoms with E-state index in [-0.39, 0.29) is 75.3 Å². The van der Waals surface area contributed by atoms with E-state index < -0.39 is 71.3 Å². The van der Waals surface area contributed by atoms with Crippen molar-refractivity contribution >= 4 is 98.6 Å². The number of esters is 1. The summed E-state index contributed by atoms with van der Waals surface area (Å²) in [5.74, 6) is -6.01. The van der Waals surface area contributed by atoms with Crippen LogP contribution in [0.5, 0.6) is 34.5 Å². The van der Waals surface area contributed by atoms with Crippen molar-refractivity contribution in [2.24, 2.45) is 5.73 Å². The number of phenols is 4. The summed E-state index contributed by atoms with van der Waals surface area (Å²) in [6.45, 7) is 0. The van der Waals surface area contributed by atoms with E-state index in [1.54, 1.807) is 34.7 Å². The SMILES string of the molecule is COC(=O)[C@H](NC(=O)[C@H]1Cc2ccc(cc2)Oc2cc(cc(I)c2O)[C@H](NC(=O)[C@H](N)c2cc(Cl)c(O)c(Cl)c2)C(=O)N[C@H](c2cc(Cl)c(O)c(Cl)c2)C(=O)N1C)c1ccc(O)cc1. The molecule has 0 aliphatic carbocycles. The number of carbonyl (C=O) groups excluding carboxylic acids is 5. The molecule has 2 aliphatic heterocycles. The Morgan fingerprint density at radius 1 is 0.828 bits per heavy atom. The standard InChI is InChI=1S/C43H36Cl4IN5O11/c1-53-30(39(58)52-35(43(62)63-2)19-5-7-23(54)8-6-19)11-18-3-9-24(10-4-18)64-31-17-22(16-29(48)38(31)57)33(50-40(59)32(49)20-12-25(44)36(55)26(45)13-20)41(60)51-34(42(53)61)21-14-27(46)37(56)28(47)15-21/h3-10,12-17,30,32-35,54-57H,11,49H2,1-2H3,(H,50,59)(H,51,60)(H,52,58)/t30-,32-,33+,34-,35-/m1/s1. The molecular formula is C43H36Cl4IN5O11. The molecule has 5 aromatic rings. The number of nitrogens with two attached hydrogens (primary N) is 1. The Morgan fingerprint density at radius 3 is 1.98 bits per heavy atom. The molecule has 0 saturated heterocycles. The predicted octanol–water partition coefficient (Wildman–Crippen LogP) is 6.65. The fraction of sp³-hybridized carbons (Fsp3) is 0.186. The average Bonchev–Trinajstić information content (AvgIpc) is 3.27. The summed E-state index contributed by atoms with van der Waals surface area (Å²) in [5.41, 5.74) is 7.09.